The molecule has 1 aliphatic heterocycles. The van der Waals surface area contributed by atoms with Crippen LogP contribution in [0.4, 0.5) is 11.4 Å². The fourth-order valence-corrected chi connectivity index (χ4v) is 2.38. The third-order valence-corrected chi connectivity index (χ3v) is 3.30. The summed E-state index contributed by atoms with van der Waals surface area (Å²) in [5.74, 6) is 0. The molecule has 0 fully saturated rings. The molecule has 0 radical (unpaired) electrons. The first-order valence-corrected chi connectivity index (χ1v) is 6.25. The molecular weight excluding hydrogens is 230 g/mol. The second-order valence-corrected chi connectivity index (χ2v) is 4.96. The third kappa shape index (κ3) is 2.79. The Hall–Kier alpha value is -1.62. The first-order valence-electron chi connectivity index (χ1n) is 6.25. The lowest BCUT2D eigenvalue weighted by molar-refractivity contribution is -0.384. The van der Waals surface area contributed by atoms with Gasteiger partial charge in [-0.3, -0.25) is 10.1 Å². The van der Waals surface area contributed by atoms with Gasteiger partial charge >= 0.3 is 0 Å². The summed E-state index contributed by atoms with van der Waals surface area (Å²) in [5.41, 5.74) is 2.47. The van der Waals surface area contributed by atoms with Gasteiger partial charge in [0.2, 0.25) is 0 Å². The molecule has 0 spiro atoms. The first-order chi connectivity index (χ1) is 8.58. The highest BCUT2D eigenvalue weighted by Gasteiger charge is 2.21. The van der Waals surface area contributed by atoms with Crippen LogP contribution in [0.3, 0.4) is 0 Å². The molecule has 5 nitrogen and oxygen atoms in total. The predicted octanol–water partition coefficient (Wildman–Crippen LogP) is 1.91. The number of nitro groups is 1. The zero-order valence-electron chi connectivity index (χ0n) is 10.9. The molecule has 98 valence electrons. The van der Waals surface area contributed by atoms with E-state index in [0.717, 1.165) is 38.0 Å². The van der Waals surface area contributed by atoms with Gasteiger partial charge in [0, 0.05) is 30.9 Å². The van der Waals surface area contributed by atoms with Crippen molar-refractivity contribution in [2.75, 3.05) is 38.6 Å². The fraction of sp³-hybridized carbons (Fsp3) is 0.538. The number of rotatable bonds is 5. The smallest absolute Gasteiger partial charge is 0.269 e. The van der Waals surface area contributed by atoms with Crippen LogP contribution >= 0.6 is 0 Å². The van der Waals surface area contributed by atoms with Gasteiger partial charge in [0.15, 0.2) is 0 Å². The van der Waals surface area contributed by atoms with Crippen LogP contribution < -0.4 is 4.90 Å². The molecule has 18 heavy (non-hydrogen) atoms. The molecule has 0 amide bonds. The Labute approximate surface area is 107 Å². The summed E-state index contributed by atoms with van der Waals surface area (Å²) in [7, 11) is 4.14. The van der Waals surface area contributed by atoms with E-state index in [9.17, 15) is 10.1 Å². The van der Waals surface area contributed by atoms with E-state index in [0.29, 0.717) is 0 Å². The second-order valence-electron chi connectivity index (χ2n) is 4.96. The van der Waals surface area contributed by atoms with Crippen LogP contribution in [0.1, 0.15) is 12.0 Å². The maximum absolute atomic E-state index is 10.7. The maximum atomic E-state index is 10.7. The molecule has 0 N–H and O–H groups in total. The largest absolute Gasteiger partial charge is 0.371 e. The van der Waals surface area contributed by atoms with Crippen molar-refractivity contribution in [2.24, 2.45) is 0 Å². The van der Waals surface area contributed by atoms with Crippen molar-refractivity contribution in [2.45, 2.75) is 12.8 Å². The monoisotopic (exact) mass is 249 g/mol. The molecular formula is C13H19N3O2. The van der Waals surface area contributed by atoms with Crippen LogP contribution in [0.15, 0.2) is 18.2 Å². The average Bonchev–Trinajstić information content (AvgIpc) is 2.71. The van der Waals surface area contributed by atoms with Gasteiger partial charge < -0.3 is 9.80 Å². The Kier molecular flexibility index (Phi) is 3.81. The third-order valence-electron chi connectivity index (χ3n) is 3.30. The number of nitrogens with zero attached hydrogens (tertiary/aromatic N) is 3. The van der Waals surface area contributed by atoms with E-state index in [-0.39, 0.29) is 10.6 Å². The van der Waals surface area contributed by atoms with Gasteiger partial charge in [0.05, 0.1) is 4.92 Å². The van der Waals surface area contributed by atoms with Crippen molar-refractivity contribution in [1.29, 1.82) is 0 Å². The van der Waals surface area contributed by atoms with E-state index < -0.39 is 0 Å². The zero-order valence-corrected chi connectivity index (χ0v) is 10.9. The highest BCUT2D eigenvalue weighted by Crippen LogP contribution is 2.31. The summed E-state index contributed by atoms with van der Waals surface area (Å²) in [5, 5.41) is 10.7. The van der Waals surface area contributed by atoms with Gasteiger partial charge in [-0.05, 0) is 45.1 Å². The molecule has 2 rings (SSSR count). The summed E-state index contributed by atoms with van der Waals surface area (Å²) in [6, 6.07) is 5.19. The first kappa shape index (κ1) is 12.8. The molecule has 0 aliphatic carbocycles. The lowest BCUT2D eigenvalue weighted by Crippen LogP contribution is -2.25. The Morgan fingerprint density at radius 2 is 2.22 bits per heavy atom. The SMILES string of the molecule is CN(C)CCCN1CCc2cc([N+](=O)[O-])ccc21. The molecule has 0 saturated carbocycles. The number of nitro benzene ring substituents is 1. The molecule has 1 aromatic rings. The zero-order chi connectivity index (χ0) is 13.1. The van der Waals surface area contributed by atoms with Crippen LogP contribution in [-0.2, 0) is 6.42 Å². The van der Waals surface area contributed by atoms with Gasteiger partial charge in [0.25, 0.3) is 5.69 Å². The minimum atomic E-state index is -0.324. The lowest BCUT2D eigenvalue weighted by atomic mass is 10.1. The molecule has 0 aromatic heterocycles. The Balaban J connectivity index is 2.02. The quantitative estimate of drug-likeness (QED) is 0.591. The van der Waals surface area contributed by atoms with E-state index in [4.69, 9.17) is 0 Å². The van der Waals surface area contributed by atoms with Crippen molar-refractivity contribution >= 4 is 11.4 Å². The topological polar surface area (TPSA) is 49.6 Å². The summed E-state index contributed by atoms with van der Waals surface area (Å²) in [6.45, 7) is 3.06. The fourth-order valence-electron chi connectivity index (χ4n) is 2.38. The summed E-state index contributed by atoms with van der Waals surface area (Å²) < 4.78 is 0. The van der Waals surface area contributed by atoms with E-state index in [1.54, 1.807) is 12.1 Å². The number of hydrogen-bond donors (Lipinski definition) is 0. The van der Waals surface area contributed by atoms with Gasteiger partial charge in [-0.2, -0.15) is 0 Å². The molecule has 5 heteroatoms. The minimum absolute atomic E-state index is 0.198. The molecule has 0 saturated heterocycles. The van der Waals surface area contributed by atoms with Crippen molar-refractivity contribution in [1.82, 2.24) is 4.90 Å². The molecule has 0 bridgehead atoms. The molecule has 0 unspecified atom stereocenters. The van der Waals surface area contributed by atoms with Crippen LogP contribution in [0.25, 0.3) is 0 Å². The number of benzene rings is 1. The van der Waals surface area contributed by atoms with E-state index in [1.165, 1.54) is 5.69 Å². The molecule has 1 heterocycles. The number of anilines is 1. The number of hydrogen-bond acceptors (Lipinski definition) is 4. The minimum Gasteiger partial charge on any atom is -0.371 e. The molecule has 1 aromatic carbocycles. The van der Waals surface area contributed by atoms with Crippen molar-refractivity contribution in [3.05, 3.63) is 33.9 Å². The highest BCUT2D eigenvalue weighted by atomic mass is 16.6. The van der Waals surface area contributed by atoms with Crippen molar-refractivity contribution < 1.29 is 4.92 Å². The van der Waals surface area contributed by atoms with Gasteiger partial charge in [-0.1, -0.05) is 0 Å². The normalized spacial score (nSPS) is 14.1. The van der Waals surface area contributed by atoms with Gasteiger partial charge in [-0.25, -0.2) is 0 Å². The summed E-state index contributed by atoms with van der Waals surface area (Å²) >= 11 is 0. The van der Waals surface area contributed by atoms with E-state index in [1.807, 2.05) is 6.07 Å². The summed E-state index contributed by atoms with van der Waals surface area (Å²) in [6.07, 6.45) is 2.03. The average molecular weight is 249 g/mol. The van der Waals surface area contributed by atoms with Crippen LogP contribution in [0.2, 0.25) is 0 Å². The second kappa shape index (κ2) is 5.35. The highest BCUT2D eigenvalue weighted by molar-refractivity contribution is 5.61. The van der Waals surface area contributed by atoms with Gasteiger partial charge in [-0.15, -0.1) is 0 Å². The van der Waals surface area contributed by atoms with Gasteiger partial charge in [0.1, 0.15) is 0 Å². The Morgan fingerprint density at radius 3 is 2.89 bits per heavy atom. The van der Waals surface area contributed by atoms with Crippen molar-refractivity contribution in [3.8, 4) is 0 Å². The Morgan fingerprint density at radius 1 is 1.44 bits per heavy atom. The number of fused-ring (bicyclic) bond motifs is 1. The molecule has 0 atom stereocenters. The maximum Gasteiger partial charge on any atom is 0.269 e. The van der Waals surface area contributed by atoms with Crippen LogP contribution in [0, 0.1) is 10.1 Å². The van der Waals surface area contributed by atoms with E-state index >= 15 is 0 Å². The number of non-ortho nitro benzene ring substituents is 1. The standard InChI is InChI=1S/C13H19N3O2/c1-14(2)7-3-8-15-9-6-11-10-12(16(17)18)4-5-13(11)15/h4-5,10H,3,6-9H2,1-2H3. The molecule has 1 aliphatic rings. The summed E-state index contributed by atoms with van der Waals surface area (Å²) in [4.78, 5) is 14.9. The van der Waals surface area contributed by atoms with E-state index in [2.05, 4.69) is 23.9 Å². The Bertz CT molecular complexity index is 446. The predicted molar refractivity (Wildman–Crippen MR) is 72.2 cm³/mol. The van der Waals surface area contributed by atoms with Crippen LogP contribution in [-0.4, -0.2) is 43.6 Å². The van der Waals surface area contributed by atoms with Crippen LogP contribution in [0.5, 0.6) is 0 Å². The lowest BCUT2D eigenvalue weighted by Gasteiger charge is -2.20. The van der Waals surface area contributed by atoms with Crippen molar-refractivity contribution in [3.63, 3.8) is 0 Å².